The van der Waals surface area contributed by atoms with Gasteiger partial charge in [0.25, 0.3) is 0 Å². The van der Waals surface area contributed by atoms with E-state index in [2.05, 4.69) is 184 Å². The highest BCUT2D eigenvalue weighted by molar-refractivity contribution is 6.26. The van der Waals surface area contributed by atoms with Crippen molar-refractivity contribution in [1.29, 1.82) is 0 Å². The average Bonchev–Trinajstić information content (AvgIpc) is 3.51. The Morgan fingerprint density at radius 2 is 0.719 bits per heavy atom. The lowest BCUT2D eigenvalue weighted by atomic mass is 9.81. The molecule has 0 radical (unpaired) electrons. The van der Waals surface area contributed by atoms with Crippen LogP contribution in [0.4, 0.5) is 0 Å². The molecule has 0 spiro atoms. The first-order chi connectivity index (χ1) is 28.0. The molecule has 0 aliphatic heterocycles. The number of nitrogens with zero attached hydrogens (tertiary/aromatic N) is 3. The monoisotopic (exact) mass is 727 g/mol. The first-order valence-corrected chi connectivity index (χ1v) is 19.6. The van der Waals surface area contributed by atoms with Crippen LogP contribution in [-0.2, 0) is 5.41 Å². The minimum absolute atomic E-state index is 0.0745. The van der Waals surface area contributed by atoms with Crippen LogP contribution in [0.3, 0.4) is 0 Å². The van der Waals surface area contributed by atoms with Crippen molar-refractivity contribution in [2.45, 2.75) is 19.3 Å². The zero-order valence-electron chi connectivity index (χ0n) is 31.7. The molecule has 1 heterocycles. The van der Waals surface area contributed by atoms with Gasteiger partial charge in [0.2, 0.25) is 0 Å². The highest BCUT2D eigenvalue weighted by Crippen LogP contribution is 2.49. The number of fused-ring (bicyclic) bond motifs is 9. The molecule has 1 aliphatic carbocycles. The third-order valence-corrected chi connectivity index (χ3v) is 11.9. The molecule has 3 nitrogen and oxygen atoms in total. The predicted octanol–water partition coefficient (Wildman–Crippen LogP) is 14.0. The van der Waals surface area contributed by atoms with Crippen molar-refractivity contribution in [2.75, 3.05) is 0 Å². The van der Waals surface area contributed by atoms with Gasteiger partial charge < -0.3 is 0 Å². The van der Waals surface area contributed by atoms with Crippen LogP contribution in [0, 0.1) is 0 Å². The predicted molar refractivity (Wildman–Crippen MR) is 237 cm³/mol. The van der Waals surface area contributed by atoms with Crippen molar-refractivity contribution in [3.63, 3.8) is 0 Å². The van der Waals surface area contributed by atoms with Gasteiger partial charge in [-0.1, -0.05) is 178 Å². The minimum atomic E-state index is -0.0745. The summed E-state index contributed by atoms with van der Waals surface area (Å²) in [4.78, 5) is 15.5. The lowest BCUT2D eigenvalue weighted by Crippen LogP contribution is -2.14. The van der Waals surface area contributed by atoms with Gasteiger partial charge in [0.1, 0.15) is 0 Å². The molecule has 10 aromatic rings. The van der Waals surface area contributed by atoms with E-state index in [4.69, 9.17) is 15.0 Å². The summed E-state index contributed by atoms with van der Waals surface area (Å²) < 4.78 is 0. The zero-order chi connectivity index (χ0) is 38.1. The van der Waals surface area contributed by atoms with Crippen molar-refractivity contribution in [3.8, 4) is 67.5 Å². The van der Waals surface area contributed by atoms with E-state index in [9.17, 15) is 0 Å². The Morgan fingerprint density at radius 1 is 0.281 bits per heavy atom. The van der Waals surface area contributed by atoms with Gasteiger partial charge in [-0.25, -0.2) is 15.0 Å². The molecule has 1 aromatic heterocycles. The molecule has 0 bridgehead atoms. The maximum atomic E-state index is 5.22. The van der Waals surface area contributed by atoms with E-state index in [1.54, 1.807) is 0 Å². The van der Waals surface area contributed by atoms with Crippen molar-refractivity contribution in [3.05, 3.63) is 199 Å². The van der Waals surface area contributed by atoms with E-state index in [0.29, 0.717) is 17.5 Å². The van der Waals surface area contributed by atoms with Crippen LogP contribution < -0.4 is 0 Å². The summed E-state index contributed by atoms with van der Waals surface area (Å²) in [6.45, 7) is 4.66. The quantitative estimate of drug-likeness (QED) is 0.166. The minimum Gasteiger partial charge on any atom is -0.208 e. The molecule has 0 amide bonds. The van der Waals surface area contributed by atoms with Gasteiger partial charge in [0.15, 0.2) is 17.5 Å². The molecule has 0 fully saturated rings. The molecule has 0 unspecified atom stereocenters. The van der Waals surface area contributed by atoms with Crippen LogP contribution in [0.15, 0.2) is 188 Å². The van der Waals surface area contributed by atoms with Crippen molar-refractivity contribution < 1.29 is 0 Å². The largest absolute Gasteiger partial charge is 0.208 e. The highest BCUT2D eigenvalue weighted by Gasteiger charge is 2.35. The van der Waals surface area contributed by atoms with E-state index in [1.807, 2.05) is 18.2 Å². The number of rotatable bonds is 5. The summed E-state index contributed by atoms with van der Waals surface area (Å²) in [7, 11) is 0. The second kappa shape index (κ2) is 12.9. The van der Waals surface area contributed by atoms with Crippen LogP contribution in [0.25, 0.3) is 99.9 Å². The molecule has 1 aliphatic rings. The molecule has 11 rings (SSSR count). The van der Waals surface area contributed by atoms with E-state index in [-0.39, 0.29) is 5.41 Å². The van der Waals surface area contributed by atoms with E-state index in [1.165, 1.54) is 71.3 Å². The third kappa shape index (κ3) is 5.46. The Kier molecular flexibility index (Phi) is 7.52. The van der Waals surface area contributed by atoms with E-state index >= 15 is 0 Å². The maximum Gasteiger partial charge on any atom is 0.164 e. The first kappa shape index (κ1) is 33.1. The Morgan fingerprint density at radius 3 is 1.46 bits per heavy atom. The highest BCUT2D eigenvalue weighted by atomic mass is 15.0. The Balaban J connectivity index is 1.06. The van der Waals surface area contributed by atoms with Gasteiger partial charge in [-0.15, -0.1) is 0 Å². The van der Waals surface area contributed by atoms with Crippen LogP contribution in [0.1, 0.15) is 25.0 Å². The van der Waals surface area contributed by atoms with Crippen LogP contribution in [-0.4, -0.2) is 15.0 Å². The fourth-order valence-corrected chi connectivity index (χ4v) is 8.98. The van der Waals surface area contributed by atoms with Gasteiger partial charge in [0.05, 0.1) is 0 Å². The number of hydrogen-bond acceptors (Lipinski definition) is 3. The summed E-state index contributed by atoms with van der Waals surface area (Å²) >= 11 is 0. The molecule has 0 atom stereocenters. The van der Waals surface area contributed by atoms with Gasteiger partial charge in [0, 0.05) is 22.1 Å². The summed E-state index contributed by atoms with van der Waals surface area (Å²) in [5.74, 6) is 1.94. The Bertz CT molecular complexity index is 3200. The molecule has 0 N–H and O–H groups in total. The Labute approximate surface area is 332 Å². The SMILES string of the molecule is CC1(C)c2ccccc2-c2ccc(-c3cccc(-c4nc(-c5ccccc5)nc(-c5ccc6c7cc(-c8ccccc8)ccc7c7ccccc7c6c5)n4)c3)cc21. The van der Waals surface area contributed by atoms with E-state index < -0.39 is 0 Å². The number of benzene rings is 9. The van der Waals surface area contributed by atoms with Gasteiger partial charge in [-0.2, -0.15) is 0 Å². The summed E-state index contributed by atoms with van der Waals surface area (Å²) in [5.41, 5.74) is 12.9. The standard InChI is InChI=1S/C54H37N3/c1-54(2)49-23-12-11-22-45(49)46-29-25-38(33-50(46)54)36-18-13-19-39(30-36)52-55-51(35-16-7-4-8-17-35)56-53(57-52)40-26-28-44-47-31-37(34-14-5-3-6-15-34)24-27-43(47)41-20-9-10-21-42(41)48(44)32-40/h3-33H,1-2H3. The van der Waals surface area contributed by atoms with Crippen LogP contribution >= 0.6 is 0 Å². The first-order valence-electron chi connectivity index (χ1n) is 19.6. The third-order valence-electron chi connectivity index (χ3n) is 11.9. The topological polar surface area (TPSA) is 38.7 Å². The lowest BCUT2D eigenvalue weighted by Gasteiger charge is -2.22. The molecule has 268 valence electrons. The molecule has 57 heavy (non-hydrogen) atoms. The molecular formula is C54H37N3. The van der Waals surface area contributed by atoms with Crippen molar-refractivity contribution >= 4 is 32.3 Å². The molecule has 3 heteroatoms. The summed E-state index contributed by atoms with van der Waals surface area (Å²) in [6.07, 6.45) is 0. The van der Waals surface area contributed by atoms with Gasteiger partial charge in [-0.05, 0) is 101 Å². The summed E-state index contributed by atoms with van der Waals surface area (Å²) in [5, 5.41) is 7.29. The van der Waals surface area contributed by atoms with E-state index in [0.717, 1.165) is 22.3 Å². The molecular weight excluding hydrogens is 691 g/mol. The Hall–Kier alpha value is -7.23. The molecule has 9 aromatic carbocycles. The second-order valence-electron chi connectivity index (χ2n) is 15.6. The number of hydrogen-bond donors (Lipinski definition) is 0. The zero-order valence-corrected chi connectivity index (χ0v) is 31.7. The summed E-state index contributed by atoms with van der Waals surface area (Å²) in [6, 6.07) is 67.4. The lowest BCUT2D eigenvalue weighted by molar-refractivity contribution is 0.660. The van der Waals surface area contributed by atoms with Gasteiger partial charge in [-0.3, -0.25) is 0 Å². The normalized spacial score (nSPS) is 12.9. The van der Waals surface area contributed by atoms with Crippen LogP contribution in [0.5, 0.6) is 0 Å². The van der Waals surface area contributed by atoms with Crippen LogP contribution in [0.2, 0.25) is 0 Å². The second-order valence-corrected chi connectivity index (χ2v) is 15.6. The molecule has 0 saturated heterocycles. The maximum absolute atomic E-state index is 5.22. The van der Waals surface area contributed by atoms with Gasteiger partial charge >= 0.3 is 0 Å². The smallest absolute Gasteiger partial charge is 0.164 e. The average molecular weight is 728 g/mol. The fourth-order valence-electron chi connectivity index (χ4n) is 8.98. The van der Waals surface area contributed by atoms with Crippen molar-refractivity contribution in [1.82, 2.24) is 15.0 Å². The fraction of sp³-hybridized carbons (Fsp3) is 0.0556. The molecule has 0 saturated carbocycles. The van der Waals surface area contributed by atoms with Crippen molar-refractivity contribution in [2.24, 2.45) is 0 Å². The number of aromatic nitrogens is 3.